The van der Waals surface area contributed by atoms with E-state index in [1.165, 1.54) is 0 Å². The van der Waals surface area contributed by atoms with Crippen molar-refractivity contribution in [3.8, 4) is 0 Å². The summed E-state index contributed by atoms with van der Waals surface area (Å²) < 4.78 is 7.19. The van der Waals surface area contributed by atoms with Gasteiger partial charge in [-0.25, -0.2) is 4.98 Å². The first kappa shape index (κ1) is 15.8. The molecule has 7 heteroatoms. The smallest absolute Gasteiger partial charge is 0.255 e. The normalized spacial score (nSPS) is 18.2. The highest BCUT2D eigenvalue weighted by atomic mass is 16.5. The summed E-state index contributed by atoms with van der Waals surface area (Å²) in [6.07, 6.45) is 7.32. The van der Waals surface area contributed by atoms with E-state index >= 15 is 0 Å². The van der Waals surface area contributed by atoms with E-state index in [-0.39, 0.29) is 17.7 Å². The van der Waals surface area contributed by atoms with Crippen LogP contribution >= 0.6 is 0 Å². The molecular weight excluding hydrogens is 318 g/mol. The van der Waals surface area contributed by atoms with Crippen molar-refractivity contribution in [2.45, 2.75) is 38.5 Å². The van der Waals surface area contributed by atoms with Crippen molar-refractivity contribution in [1.29, 1.82) is 0 Å². The van der Waals surface area contributed by atoms with Crippen LogP contribution in [0.1, 0.15) is 60.6 Å². The molecule has 0 saturated carbocycles. The number of fused-ring (bicyclic) bond motifs is 1. The van der Waals surface area contributed by atoms with Gasteiger partial charge in [-0.2, -0.15) is 4.98 Å². The summed E-state index contributed by atoms with van der Waals surface area (Å²) >= 11 is 0. The second kappa shape index (κ2) is 6.31. The van der Waals surface area contributed by atoms with Gasteiger partial charge in [0.15, 0.2) is 5.82 Å². The molecule has 25 heavy (non-hydrogen) atoms. The summed E-state index contributed by atoms with van der Waals surface area (Å²) in [5, 5.41) is 4.13. The Kier molecular flexibility index (Phi) is 3.99. The lowest BCUT2D eigenvalue weighted by Gasteiger charge is -2.31. The van der Waals surface area contributed by atoms with E-state index in [9.17, 15) is 4.79 Å². The monoisotopic (exact) mass is 339 g/mol. The van der Waals surface area contributed by atoms with Crippen LogP contribution in [-0.4, -0.2) is 43.4 Å². The Morgan fingerprint density at radius 2 is 2.24 bits per heavy atom. The summed E-state index contributed by atoms with van der Waals surface area (Å²) in [5.74, 6) is 1.75. The maximum atomic E-state index is 12.9. The summed E-state index contributed by atoms with van der Waals surface area (Å²) in [5.41, 5.74) is 1.50. The molecule has 1 aliphatic rings. The molecule has 1 saturated heterocycles. The molecule has 1 aliphatic heterocycles. The lowest BCUT2D eigenvalue weighted by molar-refractivity contribution is 0.0703. The van der Waals surface area contributed by atoms with Crippen molar-refractivity contribution in [2.75, 3.05) is 13.1 Å². The third kappa shape index (κ3) is 3.01. The van der Waals surface area contributed by atoms with E-state index in [2.05, 4.69) is 15.1 Å². The predicted molar refractivity (Wildman–Crippen MR) is 91.5 cm³/mol. The number of rotatable bonds is 3. The minimum absolute atomic E-state index is 0.0351. The van der Waals surface area contributed by atoms with Crippen LogP contribution in [0, 0.1) is 0 Å². The van der Waals surface area contributed by atoms with Crippen molar-refractivity contribution in [3.63, 3.8) is 0 Å². The Bertz CT molecular complexity index is 898. The molecule has 0 unspecified atom stereocenters. The molecule has 1 fully saturated rings. The number of piperidine rings is 1. The Morgan fingerprint density at radius 1 is 1.36 bits per heavy atom. The summed E-state index contributed by atoms with van der Waals surface area (Å²) in [4.78, 5) is 23.5. The standard InChI is InChI=1S/C18H21N5O2/c1-12(2)17-20-16(21-25-17)13-4-3-8-23(10-13)18(24)14-5-6-15-19-7-9-22(15)11-14/h5-7,9,11-13H,3-4,8,10H2,1-2H3/t13-/m0/s1. The molecule has 1 atom stereocenters. The van der Waals surface area contributed by atoms with Crippen LogP contribution in [0.5, 0.6) is 0 Å². The van der Waals surface area contributed by atoms with E-state index in [4.69, 9.17) is 4.52 Å². The highest BCUT2D eigenvalue weighted by molar-refractivity contribution is 5.94. The molecule has 0 aliphatic carbocycles. The topological polar surface area (TPSA) is 76.5 Å². The van der Waals surface area contributed by atoms with Crippen LogP contribution in [0.4, 0.5) is 0 Å². The number of nitrogens with zero attached hydrogens (tertiary/aromatic N) is 5. The Balaban J connectivity index is 1.52. The number of amides is 1. The number of likely N-dealkylation sites (tertiary alicyclic amines) is 1. The lowest BCUT2D eigenvalue weighted by atomic mass is 9.97. The van der Waals surface area contributed by atoms with Crippen LogP contribution in [0.25, 0.3) is 5.65 Å². The van der Waals surface area contributed by atoms with Gasteiger partial charge in [-0.1, -0.05) is 19.0 Å². The maximum Gasteiger partial charge on any atom is 0.255 e. The predicted octanol–water partition coefficient (Wildman–Crippen LogP) is 2.86. The highest BCUT2D eigenvalue weighted by Crippen LogP contribution is 2.27. The fourth-order valence-corrected chi connectivity index (χ4v) is 3.25. The molecule has 3 aromatic heterocycles. The number of imidazole rings is 1. The molecule has 4 heterocycles. The molecule has 7 nitrogen and oxygen atoms in total. The SMILES string of the molecule is CC(C)c1nc([C@H]2CCCN(C(=O)c3ccc4nccn4c3)C2)no1. The zero-order valence-corrected chi connectivity index (χ0v) is 14.4. The largest absolute Gasteiger partial charge is 0.339 e. The molecule has 0 spiro atoms. The molecule has 0 aromatic carbocycles. The fraction of sp³-hybridized carbons (Fsp3) is 0.444. The van der Waals surface area contributed by atoms with Crippen molar-refractivity contribution >= 4 is 11.6 Å². The number of carbonyl (C=O) groups is 1. The molecule has 130 valence electrons. The lowest BCUT2D eigenvalue weighted by Crippen LogP contribution is -2.39. The Labute approximate surface area is 145 Å². The quantitative estimate of drug-likeness (QED) is 0.733. The second-order valence-electron chi connectivity index (χ2n) is 6.85. The zero-order valence-electron chi connectivity index (χ0n) is 14.4. The molecule has 0 bridgehead atoms. The highest BCUT2D eigenvalue weighted by Gasteiger charge is 2.29. The molecule has 0 radical (unpaired) electrons. The summed E-state index contributed by atoms with van der Waals surface area (Å²) in [7, 11) is 0. The van der Waals surface area contributed by atoms with E-state index in [0.29, 0.717) is 23.8 Å². The van der Waals surface area contributed by atoms with Crippen LogP contribution in [0.15, 0.2) is 35.2 Å². The van der Waals surface area contributed by atoms with Crippen LogP contribution in [-0.2, 0) is 0 Å². The molecule has 4 rings (SSSR count). The number of aromatic nitrogens is 4. The maximum absolute atomic E-state index is 12.9. The third-order valence-electron chi connectivity index (χ3n) is 4.66. The molecule has 0 N–H and O–H groups in total. The van der Waals surface area contributed by atoms with E-state index < -0.39 is 0 Å². The number of carbonyl (C=O) groups excluding carboxylic acids is 1. The van der Waals surface area contributed by atoms with Crippen LogP contribution < -0.4 is 0 Å². The van der Waals surface area contributed by atoms with Gasteiger partial charge in [-0.05, 0) is 25.0 Å². The Hall–Kier alpha value is -2.70. The van der Waals surface area contributed by atoms with Crippen molar-refractivity contribution in [3.05, 3.63) is 48.0 Å². The first-order chi connectivity index (χ1) is 12.1. The number of hydrogen-bond donors (Lipinski definition) is 0. The zero-order chi connectivity index (χ0) is 17.4. The third-order valence-corrected chi connectivity index (χ3v) is 4.66. The van der Waals surface area contributed by atoms with Gasteiger partial charge < -0.3 is 13.8 Å². The van der Waals surface area contributed by atoms with Gasteiger partial charge in [-0.15, -0.1) is 0 Å². The minimum atomic E-state index is 0.0351. The first-order valence-electron chi connectivity index (χ1n) is 8.67. The fourth-order valence-electron chi connectivity index (χ4n) is 3.25. The van der Waals surface area contributed by atoms with Gasteiger partial charge in [0.2, 0.25) is 5.89 Å². The van der Waals surface area contributed by atoms with Gasteiger partial charge in [-0.3, -0.25) is 4.79 Å². The Morgan fingerprint density at radius 3 is 3.04 bits per heavy atom. The van der Waals surface area contributed by atoms with E-state index in [1.54, 1.807) is 6.20 Å². The molecule has 3 aromatic rings. The van der Waals surface area contributed by atoms with Gasteiger partial charge in [0.1, 0.15) is 5.65 Å². The van der Waals surface area contributed by atoms with E-state index in [1.807, 2.05) is 47.7 Å². The summed E-state index contributed by atoms with van der Waals surface area (Å²) in [6.45, 7) is 5.44. The summed E-state index contributed by atoms with van der Waals surface area (Å²) in [6, 6.07) is 3.70. The second-order valence-corrected chi connectivity index (χ2v) is 6.85. The molecular formula is C18H21N5O2. The average Bonchev–Trinajstić information content (AvgIpc) is 3.30. The van der Waals surface area contributed by atoms with Crippen molar-refractivity contribution < 1.29 is 9.32 Å². The van der Waals surface area contributed by atoms with Crippen LogP contribution in [0.3, 0.4) is 0 Å². The van der Waals surface area contributed by atoms with Gasteiger partial charge in [0.05, 0.1) is 5.56 Å². The van der Waals surface area contributed by atoms with Crippen LogP contribution in [0.2, 0.25) is 0 Å². The van der Waals surface area contributed by atoms with Crippen molar-refractivity contribution in [1.82, 2.24) is 24.4 Å². The van der Waals surface area contributed by atoms with Gasteiger partial charge in [0, 0.05) is 43.5 Å². The van der Waals surface area contributed by atoms with Gasteiger partial charge >= 0.3 is 0 Å². The minimum Gasteiger partial charge on any atom is -0.339 e. The van der Waals surface area contributed by atoms with Crippen molar-refractivity contribution in [2.24, 2.45) is 0 Å². The first-order valence-corrected chi connectivity index (χ1v) is 8.67. The number of hydrogen-bond acceptors (Lipinski definition) is 5. The average molecular weight is 339 g/mol. The van der Waals surface area contributed by atoms with Gasteiger partial charge in [0.25, 0.3) is 5.91 Å². The molecule has 1 amide bonds. The van der Waals surface area contributed by atoms with E-state index in [0.717, 1.165) is 25.0 Å². The number of pyridine rings is 1.